The Morgan fingerprint density at radius 2 is 1.31 bits per heavy atom. The van der Waals surface area contributed by atoms with E-state index in [0.29, 0.717) is 30.0 Å². The number of aromatic hydroxyl groups is 2. The van der Waals surface area contributed by atoms with Crippen molar-refractivity contribution < 1.29 is 57.9 Å². The number of thiophene rings is 2. The van der Waals surface area contributed by atoms with Crippen molar-refractivity contribution in [3.8, 4) is 23.0 Å². The number of benzene rings is 2. The highest BCUT2D eigenvalue weighted by atomic mass is 35.5. The number of hydrogen-bond acceptors (Lipinski definition) is 14. The van der Waals surface area contributed by atoms with Gasteiger partial charge < -0.3 is 29.2 Å². The van der Waals surface area contributed by atoms with Crippen molar-refractivity contribution in [1.29, 1.82) is 0 Å². The van der Waals surface area contributed by atoms with Gasteiger partial charge in [0.1, 0.15) is 5.02 Å². The summed E-state index contributed by atoms with van der Waals surface area (Å²) in [4.78, 5) is 69.0. The Kier molecular flexibility index (Phi) is 15.1. The minimum atomic E-state index is -0.549. The molecule has 0 bridgehead atoms. The number of Topliss-reactive ketones (excluding diaryl/α,β-unsaturated/α-hetero) is 2. The van der Waals surface area contributed by atoms with Crippen molar-refractivity contribution in [3.63, 3.8) is 0 Å². The zero-order chi connectivity index (χ0) is 39.0. The topological polar surface area (TPSA) is 183 Å². The van der Waals surface area contributed by atoms with Crippen molar-refractivity contribution in [1.82, 2.24) is 4.42 Å². The third-order valence-corrected chi connectivity index (χ3v) is 11.1. The molecule has 1 saturated heterocycles. The molecular formula is C34H34Cl3NO12S2. The monoisotopic (exact) mass is 817 g/mol. The number of ketones is 2. The Hall–Kier alpha value is -4.15. The van der Waals surface area contributed by atoms with Crippen LogP contribution in [0.3, 0.4) is 0 Å². The highest BCUT2D eigenvalue weighted by molar-refractivity contribution is 7.21. The van der Waals surface area contributed by atoms with Crippen LogP contribution < -0.4 is 9.47 Å². The maximum Gasteiger partial charge on any atom is 0.308 e. The van der Waals surface area contributed by atoms with E-state index in [0.717, 1.165) is 21.4 Å². The summed E-state index contributed by atoms with van der Waals surface area (Å²) in [6, 6.07) is 6.52. The number of fused-ring (bicyclic) bond motifs is 2. The van der Waals surface area contributed by atoms with Crippen LogP contribution in [0.4, 0.5) is 0 Å². The maximum atomic E-state index is 12.3. The number of nitrogens with zero attached hydrogens (tertiary/aromatic N) is 1. The lowest BCUT2D eigenvalue weighted by atomic mass is 10.0. The number of esters is 2. The molecule has 52 heavy (non-hydrogen) atoms. The van der Waals surface area contributed by atoms with Gasteiger partial charge in [-0.3, -0.25) is 28.8 Å². The molecule has 0 radical (unpaired) electrons. The van der Waals surface area contributed by atoms with Crippen LogP contribution in [0.2, 0.25) is 10.0 Å². The van der Waals surface area contributed by atoms with Crippen LogP contribution in [-0.2, 0) is 28.7 Å². The molecule has 1 aliphatic heterocycles. The van der Waals surface area contributed by atoms with Gasteiger partial charge in [-0.05, 0) is 23.6 Å². The van der Waals surface area contributed by atoms with Gasteiger partial charge in [-0.25, -0.2) is 0 Å². The fourth-order valence-electron chi connectivity index (χ4n) is 4.71. The smallest absolute Gasteiger partial charge is 0.308 e. The third kappa shape index (κ3) is 9.83. The van der Waals surface area contributed by atoms with Gasteiger partial charge in [0.05, 0.1) is 59.8 Å². The predicted molar refractivity (Wildman–Crippen MR) is 197 cm³/mol. The molecule has 280 valence electrons. The summed E-state index contributed by atoms with van der Waals surface area (Å²) in [5.41, 5.74) is 0. The predicted octanol–water partition coefficient (Wildman–Crippen LogP) is 7.59. The number of imide groups is 1. The first-order chi connectivity index (χ1) is 24.5. The Bertz CT molecular complexity index is 2010. The normalized spacial score (nSPS) is 13.4. The number of halogens is 3. The number of amides is 2. The van der Waals surface area contributed by atoms with Crippen molar-refractivity contribution in [2.45, 2.75) is 39.5 Å². The molecule has 0 saturated carbocycles. The number of rotatable bonds is 10. The van der Waals surface area contributed by atoms with E-state index in [9.17, 15) is 39.0 Å². The van der Waals surface area contributed by atoms with Crippen molar-refractivity contribution >= 4 is 113 Å². The van der Waals surface area contributed by atoms with Crippen molar-refractivity contribution in [3.05, 3.63) is 44.1 Å². The quantitative estimate of drug-likeness (QED) is 0.0693. The second-order valence-electron chi connectivity index (χ2n) is 11.2. The van der Waals surface area contributed by atoms with E-state index in [-0.39, 0.29) is 76.4 Å². The lowest BCUT2D eigenvalue weighted by Gasteiger charge is -2.08. The van der Waals surface area contributed by atoms with E-state index in [1.807, 2.05) is 0 Å². The number of carbonyl (C=O) groups is 6. The molecule has 1 fully saturated rings. The van der Waals surface area contributed by atoms with Gasteiger partial charge in [0.15, 0.2) is 34.6 Å². The van der Waals surface area contributed by atoms with Crippen LogP contribution >= 0.6 is 57.7 Å². The minimum absolute atomic E-state index is 0.0118. The molecule has 18 heteroatoms. The van der Waals surface area contributed by atoms with Crippen LogP contribution in [-0.4, -0.2) is 78.4 Å². The molecule has 5 rings (SSSR count). The Morgan fingerprint density at radius 1 is 0.788 bits per heavy atom. The van der Waals surface area contributed by atoms with E-state index >= 15 is 0 Å². The van der Waals surface area contributed by atoms with Gasteiger partial charge in [0, 0.05) is 53.6 Å². The molecule has 0 aliphatic carbocycles. The summed E-state index contributed by atoms with van der Waals surface area (Å²) in [5.74, 6) is -2.62. The number of phenolic OH excluding ortho intramolecular Hbond substituents is 2. The zero-order valence-corrected chi connectivity index (χ0v) is 32.6. The maximum absolute atomic E-state index is 12.3. The average molecular weight is 819 g/mol. The van der Waals surface area contributed by atoms with Gasteiger partial charge in [-0.2, -0.15) is 4.42 Å². The molecule has 2 N–H and O–H groups in total. The second kappa shape index (κ2) is 18.6. The molecule has 1 aliphatic rings. The number of phenols is 2. The van der Waals surface area contributed by atoms with Crippen molar-refractivity contribution in [2.24, 2.45) is 11.8 Å². The van der Waals surface area contributed by atoms with Crippen LogP contribution in [0.15, 0.2) is 24.3 Å². The summed E-state index contributed by atoms with van der Waals surface area (Å²) in [6.45, 7) is 3.28. The summed E-state index contributed by atoms with van der Waals surface area (Å²) >= 11 is 19.9. The molecule has 0 unspecified atom stereocenters. The van der Waals surface area contributed by atoms with E-state index < -0.39 is 23.8 Å². The number of carbonyl (C=O) groups excluding carboxylic acids is 6. The summed E-state index contributed by atoms with van der Waals surface area (Å²) in [6.07, 6.45) is 0.644. The number of methoxy groups -OCH3 is 4. The van der Waals surface area contributed by atoms with Crippen LogP contribution in [0.5, 0.6) is 23.0 Å². The molecular weight excluding hydrogens is 785 g/mol. The molecule has 4 aromatic rings. The standard InChI is InChI=1S/C15H14Cl2O5S.C15H16O5S.C4H4ClNO2/c1-6(15(20)22-3)4-8(18)9-5-7-10(16)12(19)13(21-2)11(17)14(7)23-9;1-8(15(18)20-3)4-11(17)14-6-9-5-10(16)12(19-2)7-13(9)21-14;5-6-3(7)1-2-4(6)8/h5-6,19H,4H2,1-3H3;5-8,16H,4H2,1-3H3;1-2H2/t6-;8-;/m00./s1. The zero-order valence-electron chi connectivity index (χ0n) is 28.7. The number of hydrogen-bond donors (Lipinski definition) is 2. The fourth-order valence-corrected chi connectivity index (χ4v) is 7.62. The van der Waals surface area contributed by atoms with Gasteiger partial charge in [0.25, 0.3) is 0 Å². The third-order valence-electron chi connectivity index (χ3n) is 7.54. The average Bonchev–Trinajstić information content (AvgIpc) is 3.84. The first-order valence-electron chi connectivity index (χ1n) is 15.2. The van der Waals surface area contributed by atoms with E-state index in [2.05, 4.69) is 9.47 Å². The fraction of sp³-hybridized carbons (Fsp3) is 0.353. The van der Waals surface area contributed by atoms with Crippen molar-refractivity contribution in [2.75, 3.05) is 28.4 Å². The Morgan fingerprint density at radius 3 is 1.75 bits per heavy atom. The summed E-state index contributed by atoms with van der Waals surface area (Å²) in [7, 11) is 5.41. The number of ether oxygens (including phenoxy) is 4. The highest BCUT2D eigenvalue weighted by Crippen LogP contribution is 2.49. The van der Waals surface area contributed by atoms with Crippen LogP contribution in [0, 0.1) is 11.8 Å². The molecule has 2 atom stereocenters. The van der Waals surface area contributed by atoms with Crippen LogP contribution in [0.1, 0.15) is 58.9 Å². The van der Waals surface area contributed by atoms with Gasteiger partial charge >= 0.3 is 11.9 Å². The summed E-state index contributed by atoms with van der Waals surface area (Å²) in [5, 5.41) is 21.2. The molecule has 13 nitrogen and oxygen atoms in total. The minimum Gasteiger partial charge on any atom is -0.504 e. The first-order valence-corrected chi connectivity index (χ1v) is 17.9. The molecule has 2 aromatic heterocycles. The molecule has 2 aromatic carbocycles. The lowest BCUT2D eigenvalue weighted by Crippen LogP contribution is -2.16. The Balaban J connectivity index is 0.000000232. The van der Waals surface area contributed by atoms with E-state index in [1.165, 1.54) is 39.8 Å². The molecule has 2 amide bonds. The second-order valence-corrected chi connectivity index (χ2v) is 14.4. The first kappa shape index (κ1) is 42.3. The van der Waals surface area contributed by atoms with E-state index in [4.69, 9.17) is 44.5 Å². The van der Waals surface area contributed by atoms with Crippen LogP contribution in [0.25, 0.3) is 20.2 Å². The van der Waals surface area contributed by atoms with Gasteiger partial charge in [-0.15, -0.1) is 22.7 Å². The Labute approximate surface area is 321 Å². The molecule has 0 spiro atoms. The largest absolute Gasteiger partial charge is 0.504 e. The molecule has 3 heterocycles. The SMILES string of the molecule is COC(=O)[C@@H](C)CC(=O)c1cc2c(Cl)c(O)c(OC)c(Cl)c2s1.COC(=O)[C@@H](C)CC(=O)c1cc2cc(O)c(OC)cc2s1.O=C1CCC(=O)N1Cl. The lowest BCUT2D eigenvalue weighted by molar-refractivity contribution is -0.145. The summed E-state index contributed by atoms with van der Waals surface area (Å²) < 4.78 is 21.3. The van der Waals surface area contributed by atoms with E-state index in [1.54, 1.807) is 38.1 Å². The van der Waals surface area contributed by atoms with Gasteiger partial charge in [0.2, 0.25) is 11.8 Å². The highest BCUT2D eigenvalue weighted by Gasteiger charge is 2.27. The van der Waals surface area contributed by atoms with Gasteiger partial charge in [-0.1, -0.05) is 37.0 Å².